The van der Waals surface area contributed by atoms with Gasteiger partial charge < -0.3 is 10.1 Å². The number of nitrogens with one attached hydrogen (secondary N) is 1. The van der Waals surface area contributed by atoms with E-state index in [1.54, 1.807) is 0 Å². The molecule has 0 aromatic heterocycles. The van der Waals surface area contributed by atoms with Crippen LogP contribution in [0.1, 0.15) is 44.1 Å². The predicted molar refractivity (Wildman–Crippen MR) is 96.5 cm³/mol. The van der Waals surface area contributed by atoms with Gasteiger partial charge in [0.05, 0.1) is 5.41 Å². The van der Waals surface area contributed by atoms with Crippen molar-refractivity contribution >= 4 is 29.2 Å². The van der Waals surface area contributed by atoms with Crippen molar-refractivity contribution in [2.24, 2.45) is 17.3 Å². The van der Waals surface area contributed by atoms with E-state index in [1.807, 2.05) is 31.2 Å². The second kappa shape index (κ2) is 6.01. The number of ether oxygens (including phenoxy) is 1. The molecule has 4 bridgehead atoms. The molecule has 1 amide bonds. The highest BCUT2D eigenvalue weighted by Crippen LogP contribution is 2.64. The van der Waals surface area contributed by atoms with Crippen LogP contribution in [0.15, 0.2) is 24.3 Å². The molecule has 0 aliphatic heterocycles. The molecule has 4 aliphatic carbocycles. The molecule has 5 heteroatoms. The summed E-state index contributed by atoms with van der Waals surface area (Å²) in [6.45, 7) is 1.73. The highest BCUT2D eigenvalue weighted by molar-refractivity contribution is 6.24. The molecule has 1 N–H and O–H groups in total. The third-order valence-electron chi connectivity index (χ3n) is 6.06. The molecule has 2 unspecified atom stereocenters. The Bertz CT molecular complexity index is 703. The number of hydrogen-bond donors (Lipinski definition) is 1. The molecule has 4 aliphatic rings. The summed E-state index contributed by atoms with van der Waals surface area (Å²) in [7, 11) is 0. The molecule has 25 heavy (non-hydrogen) atoms. The van der Waals surface area contributed by atoms with E-state index in [9.17, 15) is 9.59 Å². The summed E-state index contributed by atoms with van der Waals surface area (Å²) in [6, 6.07) is 7.55. The van der Waals surface area contributed by atoms with Crippen molar-refractivity contribution in [2.45, 2.75) is 50.3 Å². The van der Waals surface area contributed by atoms with Crippen LogP contribution in [-0.4, -0.2) is 23.4 Å². The summed E-state index contributed by atoms with van der Waals surface area (Å²) in [6.07, 6.45) is 5.68. The molecular weight excluding hydrogens is 338 g/mol. The number of aryl methyl sites for hydroxylation is 1. The minimum atomic E-state index is -0.463. The van der Waals surface area contributed by atoms with Crippen molar-refractivity contribution in [2.75, 3.05) is 11.9 Å². The molecule has 4 fully saturated rings. The Hall–Kier alpha value is -1.55. The van der Waals surface area contributed by atoms with Crippen molar-refractivity contribution in [1.29, 1.82) is 0 Å². The Morgan fingerprint density at radius 3 is 2.60 bits per heavy atom. The molecule has 0 saturated heterocycles. The van der Waals surface area contributed by atoms with Crippen LogP contribution in [-0.2, 0) is 14.3 Å². The molecule has 0 spiro atoms. The van der Waals surface area contributed by atoms with Crippen LogP contribution in [0.3, 0.4) is 0 Å². The van der Waals surface area contributed by atoms with Crippen LogP contribution in [0.5, 0.6) is 0 Å². The third-order valence-corrected chi connectivity index (χ3v) is 6.50. The zero-order valence-electron chi connectivity index (χ0n) is 14.5. The normalized spacial score (nSPS) is 35.4. The number of hydrogen-bond acceptors (Lipinski definition) is 3. The summed E-state index contributed by atoms with van der Waals surface area (Å²) in [4.78, 5) is 24.7. The lowest BCUT2D eigenvalue weighted by Gasteiger charge is -2.58. The standard InChI is InChI=1S/C20H24ClNO3/c1-13-3-2-4-16(5-13)22-17(23)11-25-18(24)19-7-14-6-15(8-19)10-20(21,9-14)12-19/h2-5,14-15H,6-12H2,1H3,(H,22,23)/t14-,15+,19?,20?. The van der Waals surface area contributed by atoms with Gasteiger partial charge in [-0.1, -0.05) is 12.1 Å². The molecule has 1 aromatic rings. The Morgan fingerprint density at radius 1 is 1.24 bits per heavy atom. The Morgan fingerprint density at radius 2 is 1.96 bits per heavy atom. The molecule has 134 valence electrons. The van der Waals surface area contributed by atoms with Crippen LogP contribution in [0.25, 0.3) is 0 Å². The lowest BCUT2D eigenvalue weighted by Crippen LogP contribution is -2.56. The highest BCUT2D eigenvalue weighted by Gasteiger charge is 2.60. The molecule has 4 nitrogen and oxygen atoms in total. The van der Waals surface area contributed by atoms with Gasteiger partial charge in [0.1, 0.15) is 0 Å². The van der Waals surface area contributed by atoms with E-state index < -0.39 is 5.41 Å². The van der Waals surface area contributed by atoms with Crippen LogP contribution in [0, 0.1) is 24.2 Å². The summed E-state index contributed by atoms with van der Waals surface area (Å²) in [5.41, 5.74) is 1.32. The van der Waals surface area contributed by atoms with Crippen molar-refractivity contribution in [3.05, 3.63) is 29.8 Å². The van der Waals surface area contributed by atoms with Crippen LogP contribution in [0.2, 0.25) is 0 Å². The number of amides is 1. The number of esters is 1. The average molecular weight is 362 g/mol. The smallest absolute Gasteiger partial charge is 0.312 e. The van der Waals surface area contributed by atoms with E-state index in [2.05, 4.69) is 5.32 Å². The SMILES string of the molecule is Cc1cccc(NC(=O)COC(=O)C23C[C@@H]4C[C@@H](CC(Cl)(C4)C2)C3)c1. The monoisotopic (exact) mass is 361 g/mol. The number of alkyl halides is 1. The zero-order valence-corrected chi connectivity index (χ0v) is 15.3. The first kappa shape index (κ1) is 16.9. The maximum absolute atomic E-state index is 12.8. The van der Waals surface area contributed by atoms with Gasteiger partial charge in [-0.2, -0.15) is 0 Å². The number of benzene rings is 1. The maximum atomic E-state index is 12.8. The number of rotatable bonds is 4. The Balaban J connectivity index is 1.37. The Kier molecular flexibility index (Phi) is 4.06. The van der Waals surface area contributed by atoms with Gasteiger partial charge in [-0.3, -0.25) is 9.59 Å². The summed E-state index contributed by atoms with van der Waals surface area (Å²) < 4.78 is 5.43. The van der Waals surface area contributed by atoms with Crippen molar-refractivity contribution in [3.63, 3.8) is 0 Å². The topological polar surface area (TPSA) is 55.4 Å². The average Bonchev–Trinajstić information content (AvgIpc) is 2.50. The quantitative estimate of drug-likeness (QED) is 0.650. The number of halogens is 1. The fourth-order valence-electron chi connectivity index (χ4n) is 5.59. The summed E-state index contributed by atoms with van der Waals surface area (Å²) in [5, 5.41) is 2.78. The van der Waals surface area contributed by atoms with Gasteiger partial charge in [0.2, 0.25) is 0 Å². The van der Waals surface area contributed by atoms with E-state index >= 15 is 0 Å². The largest absolute Gasteiger partial charge is 0.455 e. The first-order valence-corrected chi connectivity index (χ1v) is 9.46. The molecular formula is C20H24ClNO3. The second-order valence-corrected chi connectivity index (χ2v) is 9.19. The van der Waals surface area contributed by atoms with Gasteiger partial charge in [-0.25, -0.2) is 0 Å². The van der Waals surface area contributed by atoms with Gasteiger partial charge in [0, 0.05) is 10.6 Å². The highest BCUT2D eigenvalue weighted by atomic mass is 35.5. The summed E-state index contributed by atoms with van der Waals surface area (Å²) >= 11 is 6.76. The van der Waals surface area contributed by atoms with E-state index in [4.69, 9.17) is 16.3 Å². The van der Waals surface area contributed by atoms with Crippen molar-refractivity contribution in [3.8, 4) is 0 Å². The van der Waals surface area contributed by atoms with Gasteiger partial charge >= 0.3 is 5.97 Å². The third kappa shape index (κ3) is 3.29. The first-order chi connectivity index (χ1) is 11.9. The Labute approximate surface area is 153 Å². The van der Waals surface area contributed by atoms with E-state index in [-0.39, 0.29) is 23.4 Å². The molecule has 4 atom stereocenters. The van der Waals surface area contributed by atoms with Gasteiger partial charge in [-0.05, 0) is 75.0 Å². The first-order valence-electron chi connectivity index (χ1n) is 9.09. The second-order valence-electron chi connectivity index (χ2n) is 8.39. The molecule has 5 rings (SSSR count). The van der Waals surface area contributed by atoms with E-state index in [0.29, 0.717) is 18.3 Å². The van der Waals surface area contributed by atoms with Gasteiger partial charge in [0.25, 0.3) is 5.91 Å². The van der Waals surface area contributed by atoms with Crippen molar-refractivity contribution < 1.29 is 14.3 Å². The molecule has 0 heterocycles. The maximum Gasteiger partial charge on any atom is 0.312 e. The lowest BCUT2D eigenvalue weighted by molar-refractivity contribution is -0.171. The fourth-order valence-corrected chi connectivity index (χ4v) is 6.29. The fraction of sp³-hybridized carbons (Fsp3) is 0.600. The number of anilines is 1. The van der Waals surface area contributed by atoms with Crippen LogP contribution < -0.4 is 5.32 Å². The number of carbonyl (C=O) groups is 2. The summed E-state index contributed by atoms with van der Waals surface area (Å²) in [5.74, 6) is 0.537. The number of carbonyl (C=O) groups excluding carboxylic acids is 2. The van der Waals surface area contributed by atoms with Crippen LogP contribution in [0.4, 0.5) is 5.69 Å². The molecule has 1 aromatic carbocycles. The van der Waals surface area contributed by atoms with E-state index in [0.717, 1.165) is 36.9 Å². The van der Waals surface area contributed by atoms with Crippen molar-refractivity contribution in [1.82, 2.24) is 0 Å². The minimum Gasteiger partial charge on any atom is -0.455 e. The van der Waals surface area contributed by atoms with E-state index in [1.165, 1.54) is 6.42 Å². The van der Waals surface area contributed by atoms with Gasteiger partial charge in [-0.15, -0.1) is 11.6 Å². The minimum absolute atomic E-state index is 0.229. The molecule has 4 saturated carbocycles. The van der Waals surface area contributed by atoms with Crippen LogP contribution >= 0.6 is 11.6 Å². The zero-order chi connectivity index (χ0) is 17.7. The van der Waals surface area contributed by atoms with Gasteiger partial charge in [0.15, 0.2) is 6.61 Å². The predicted octanol–water partition coefficient (Wildman–Crippen LogP) is 4.05. The lowest BCUT2D eigenvalue weighted by atomic mass is 9.49. The molecule has 0 radical (unpaired) electrons.